The molecule has 0 bridgehead atoms. The van der Waals surface area contributed by atoms with E-state index in [1.807, 2.05) is 13.0 Å². The summed E-state index contributed by atoms with van der Waals surface area (Å²) in [6.07, 6.45) is 2.75. The summed E-state index contributed by atoms with van der Waals surface area (Å²) in [5.74, 6) is 0. The molecule has 1 rings (SSSR count). The van der Waals surface area contributed by atoms with Crippen LogP contribution in [0.15, 0.2) is 30.3 Å². The van der Waals surface area contributed by atoms with Crippen molar-refractivity contribution in [2.45, 2.75) is 32.8 Å². The quantitative estimate of drug-likeness (QED) is 0.393. The molecule has 0 saturated heterocycles. The molecule has 0 aliphatic rings. The van der Waals surface area contributed by atoms with E-state index in [9.17, 15) is 8.42 Å². The average molecular weight is 274 g/mol. The van der Waals surface area contributed by atoms with Crippen LogP contribution in [0.1, 0.15) is 31.7 Å². The van der Waals surface area contributed by atoms with Crippen LogP contribution < -0.4 is 0 Å². The summed E-state index contributed by atoms with van der Waals surface area (Å²) < 4.78 is 31.4. The van der Waals surface area contributed by atoms with Gasteiger partial charge in [0.25, 0.3) is 0 Å². The third kappa shape index (κ3) is 6.70. The molecule has 5 nitrogen and oxygen atoms in total. The van der Waals surface area contributed by atoms with E-state index in [-0.39, 0.29) is 13.2 Å². The third-order valence-electron chi connectivity index (χ3n) is 2.18. The zero-order valence-electron chi connectivity index (χ0n) is 10.4. The largest absolute Gasteiger partial charge is 0.426 e. The first-order chi connectivity index (χ1) is 8.64. The first kappa shape index (κ1) is 15.1. The summed E-state index contributed by atoms with van der Waals surface area (Å²) in [5.41, 5.74) is 0.746. The molecule has 6 heteroatoms. The van der Waals surface area contributed by atoms with Crippen molar-refractivity contribution in [3.05, 3.63) is 35.9 Å². The highest BCUT2D eigenvalue weighted by Crippen LogP contribution is 2.06. The summed E-state index contributed by atoms with van der Waals surface area (Å²) in [6.45, 7) is 2.21. The minimum absolute atomic E-state index is 0.0680. The van der Waals surface area contributed by atoms with Crippen LogP contribution in [-0.2, 0) is 30.4 Å². The normalized spacial score (nSPS) is 11.6. The summed E-state index contributed by atoms with van der Waals surface area (Å²) >= 11 is 0. The number of hydrogen-bond acceptors (Lipinski definition) is 5. The van der Waals surface area contributed by atoms with E-state index >= 15 is 0 Å². The van der Waals surface area contributed by atoms with Gasteiger partial charge in [-0.25, -0.2) is 9.07 Å². The number of benzene rings is 1. The highest BCUT2D eigenvalue weighted by molar-refractivity contribution is 7.81. The van der Waals surface area contributed by atoms with Gasteiger partial charge in [0, 0.05) is 0 Å². The Bertz CT molecular complexity index is 415. The van der Waals surface area contributed by atoms with E-state index in [0.717, 1.165) is 24.8 Å². The highest BCUT2D eigenvalue weighted by atomic mass is 32.3. The molecule has 1 aromatic rings. The molecule has 0 amide bonds. The standard InChI is InChI=1S/C12H18O5S/c1-2-3-7-10-15-17-18(13,14)16-11-12-8-5-4-6-9-12/h4-6,8-9H,2-3,7,10-11H2,1H3. The van der Waals surface area contributed by atoms with E-state index in [0.29, 0.717) is 0 Å². The monoisotopic (exact) mass is 274 g/mol. The van der Waals surface area contributed by atoms with Crippen LogP contribution in [0.4, 0.5) is 0 Å². The molecule has 1 aromatic carbocycles. The second kappa shape index (κ2) is 8.20. The van der Waals surface area contributed by atoms with Gasteiger partial charge in [-0.05, 0) is 12.0 Å². The van der Waals surface area contributed by atoms with Crippen molar-refractivity contribution in [1.82, 2.24) is 0 Å². The van der Waals surface area contributed by atoms with Crippen LogP contribution >= 0.6 is 0 Å². The molecule has 0 heterocycles. The Morgan fingerprint density at radius 3 is 2.50 bits per heavy atom. The molecular weight excluding hydrogens is 256 g/mol. The maximum absolute atomic E-state index is 11.3. The SMILES string of the molecule is CCCCCOOS(=O)(=O)OCc1ccccc1. The topological polar surface area (TPSA) is 61.8 Å². The highest BCUT2D eigenvalue weighted by Gasteiger charge is 2.13. The summed E-state index contributed by atoms with van der Waals surface area (Å²) in [7, 11) is -4.09. The van der Waals surface area contributed by atoms with E-state index in [1.165, 1.54) is 0 Å². The molecule has 0 fully saturated rings. The molecule has 0 aliphatic carbocycles. The first-order valence-corrected chi connectivity index (χ1v) is 7.22. The minimum atomic E-state index is -4.09. The van der Waals surface area contributed by atoms with E-state index < -0.39 is 10.4 Å². The number of hydrogen-bond donors (Lipinski definition) is 0. The maximum atomic E-state index is 11.3. The zero-order chi connectivity index (χ0) is 13.3. The predicted molar refractivity (Wildman–Crippen MR) is 66.7 cm³/mol. The van der Waals surface area contributed by atoms with Crippen LogP contribution in [0, 0.1) is 0 Å². The summed E-state index contributed by atoms with van der Waals surface area (Å²) in [5, 5.41) is 0. The van der Waals surface area contributed by atoms with E-state index in [1.54, 1.807) is 24.3 Å². The van der Waals surface area contributed by atoms with Crippen LogP contribution in [0.5, 0.6) is 0 Å². The van der Waals surface area contributed by atoms with E-state index in [2.05, 4.69) is 13.4 Å². The van der Waals surface area contributed by atoms with Crippen molar-refractivity contribution in [3.8, 4) is 0 Å². The fraction of sp³-hybridized carbons (Fsp3) is 0.500. The van der Waals surface area contributed by atoms with Crippen molar-refractivity contribution in [2.75, 3.05) is 6.61 Å². The lowest BCUT2D eigenvalue weighted by Crippen LogP contribution is -2.11. The second-order valence-electron chi connectivity index (χ2n) is 3.75. The van der Waals surface area contributed by atoms with Gasteiger partial charge in [0.15, 0.2) is 0 Å². The molecular formula is C12H18O5S. The van der Waals surface area contributed by atoms with Crippen molar-refractivity contribution in [3.63, 3.8) is 0 Å². The Morgan fingerprint density at radius 2 is 1.83 bits per heavy atom. The van der Waals surface area contributed by atoms with Gasteiger partial charge in [-0.3, -0.25) is 0 Å². The predicted octanol–water partition coefficient (Wildman–Crippen LogP) is 2.59. The molecule has 0 spiro atoms. The lowest BCUT2D eigenvalue weighted by atomic mass is 10.2. The Labute approximate surface area is 108 Å². The Balaban J connectivity index is 2.23. The average Bonchev–Trinajstić information content (AvgIpc) is 2.38. The van der Waals surface area contributed by atoms with Crippen LogP contribution in [-0.4, -0.2) is 15.0 Å². The van der Waals surface area contributed by atoms with Gasteiger partial charge in [0.05, 0.1) is 13.2 Å². The van der Waals surface area contributed by atoms with Gasteiger partial charge in [0.2, 0.25) is 0 Å². The molecule has 102 valence electrons. The molecule has 0 aliphatic heterocycles. The van der Waals surface area contributed by atoms with E-state index in [4.69, 9.17) is 0 Å². The molecule has 0 atom stereocenters. The fourth-order valence-corrected chi connectivity index (χ4v) is 1.74. The molecule has 0 saturated carbocycles. The van der Waals surface area contributed by atoms with Gasteiger partial charge in [-0.1, -0.05) is 54.4 Å². The molecule has 0 N–H and O–H groups in total. The Hall–Kier alpha value is -0.950. The third-order valence-corrected chi connectivity index (χ3v) is 2.84. The van der Waals surface area contributed by atoms with Gasteiger partial charge in [-0.15, -0.1) is 0 Å². The molecule has 0 unspecified atom stereocenters. The number of rotatable bonds is 9. The van der Waals surface area contributed by atoms with Crippen molar-refractivity contribution in [2.24, 2.45) is 0 Å². The Morgan fingerprint density at radius 1 is 1.11 bits per heavy atom. The Kier molecular flexibility index (Phi) is 6.89. The lowest BCUT2D eigenvalue weighted by molar-refractivity contribution is -0.210. The van der Waals surface area contributed by atoms with Gasteiger partial charge >= 0.3 is 10.4 Å². The van der Waals surface area contributed by atoms with Gasteiger partial charge in [0.1, 0.15) is 0 Å². The summed E-state index contributed by atoms with van der Waals surface area (Å²) in [6, 6.07) is 8.96. The van der Waals surface area contributed by atoms with Crippen LogP contribution in [0.2, 0.25) is 0 Å². The van der Waals surface area contributed by atoms with Crippen molar-refractivity contribution >= 4 is 10.4 Å². The first-order valence-electron chi connectivity index (χ1n) is 5.88. The van der Waals surface area contributed by atoms with Crippen molar-refractivity contribution in [1.29, 1.82) is 0 Å². The zero-order valence-corrected chi connectivity index (χ0v) is 11.2. The minimum Gasteiger partial charge on any atom is -0.242 e. The maximum Gasteiger partial charge on any atom is 0.426 e. The lowest BCUT2D eigenvalue weighted by Gasteiger charge is -2.05. The van der Waals surface area contributed by atoms with Crippen LogP contribution in [0.3, 0.4) is 0 Å². The fourth-order valence-electron chi connectivity index (χ4n) is 1.24. The molecule has 0 aromatic heterocycles. The van der Waals surface area contributed by atoms with Crippen LogP contribution in [0.25, 0.3) is 0 Å². The van der Waals surface area contributed by atoms with Gasteiger partial charge < -0.3 is 0 Å². The molecule has 0 radical (unpaired) electrons. The second-order valence-corrected chi connectivity index (χ2v) is 4.94. The van der Waals surface area contributed by atoms with Gasteiger partial charge in [-0.2, -0.15) is 8.42 Å². The van der Waals surface area contributed by atoms with Crippen molar-refractivity contribution < 1.29 is 21.8 Å². The molecule has 18 heavy (non-hydrogen) atoms. The number of unbranched alkanes of at least 4 members (excludes halogenated alkanes) is 2. The smallest absolute Gasteiger partial charge is 0.242 e. The summed E-state index contributed by atoms with van der Waals surface area (Å²) in [4.78, 5) is 4.58.